The molecule has 0 atom stereocenters. The lowest BCUT2D eigenvalue weighted by molar-refractivity contribution is 0.0963. The summed E-state index contributed by atoms with van der Waals surface area (Å²) in [6.07, 6.45) is 2.73. The summed E-state index contributed by atoms with van der Waals surface area (Å²) in [7, 11) is -2.24. The highest BCUT2D eigenvalue weighted by Crippen LogP contribution is 2.17. The molecule has 0 unspecified atom stereocenters. The number of nitrogens with zero attached hydrogens (tertiary/aromatic N) is 2. The third-order valence-corrected chi connectivity index (χ3v) is 4.85. The number of anilines is 1. The minimum Gasteiger partial charge on any atom is -0.355 e. The minimum absolute atomic E-state index is 0.0479. The van der Waals surface area contributed by atoms with Crippen molar-refractivity contribution >= 4 is 21.6 Å². The Morgan fingerprint density at radius 1 is 1.04 bits per heavy atom. The molecule has 0 aliphatic carbocycles. The van der Waals surface area contributed by atoms with Gasteiger partial charge in [0.2, 0.25) is 0 Å². The Hall–Kier alpha value is -3.13. The predicted octanol–water partition coefficient (Wildman–Crippen LogP) is 2.03. The Labute approximate surface area is 145 Å². The van der Waals surface area contributed by atoms with Crippen molar-refractivity contribution in [2.24, 2.45) is 0 Å². The number of sulfonamides is 1. The summed E-state index contributed by atoms with van der Waals surface area (Å²) < 4.78 is 28.9. The van der Waals surface area contributed by atoms with Gasteiger partial charge in [-0.25, -0.2) is 13.1 Å². The van der Waals surface area contributed by atoms with Crippen molar-refractivity contribution in [1.29, 1.82) is 0 Å². The molecule has 3 aromatic rings. The fourth-order valence-electron chi connectivity index (χ4n) is 2.22. The van der Waals surface area contributed by atoms with Gasteiger partial charge in [0.15, 0.2) is 0 Å². The van der Waals surface area contributed by atoms with Crippen LogP contribution in [0.15, 0.2) is 71.9 Å². The SMILES string of the molecule is CNC(=O)c1ccc(NS(=O)(=O)c2cnn(-c3ccccc3)c2)cc1. The molecule has 0 spiro atoms. The molecule has 0 aliphatic heterocycles. The molecule has 0 saturated heterocycles. The molecular weight excluding hydrogens is 340 g/mol. The first-order valence-electron chi connectivity index (χ1n) is 7.45. The predicted molar refractivity (Wildman–Crippen MR) is 94.2 cm³/mol. The van der Waals surface area contributed by atoms with Gasteiger partial charge in [0.05, 0.1) is 18.1 Å². The third-order valence-electron chi connectivity index (χ3n) is 3.52. The molecular formula is C17H16N4O3S. The standard InChI is InChI=1S/C17H16N4O3S/c1-18-17(22)13-7-9-14(10-8-13)20-25(23,24)16-11-19-21(12-16)15-5-3-2-4-6-15/h2-12,20H,1H3,(H,18,22). The van der Waals surface area contributed by atoms with Gasteiger partial charge in [-0.15, -0.1) is 0 Å². The molecule has 0 fully saturated rings. The number of carbonyl (C=O) groups is 1. The molecule has 2 N–H and O–H groups in total. The van der Waals surface area contributed by atoms with Crippen LogP contribution in [0.2, 0.25) is 0 Å². The summed E-state index contributed by atoms with van der Waals surface area (Å²) in [5.74, 6) is -0.237. The molecule has 0 radical (unpaired) electrons. The Morgan fingerprint density at radius 2 is 1.72 bits per heavy atom. The zero-order valence-electron chi connectivity index (χ0n) is 13.4. The molecule has 25 heavy (non-hydrogen) atoms. The maximum absolute atomic E-state index is 12.5. The first-order chi connectivity index (χ1) is 12.0. The van der Waals surface area contributed by atoms with Crippen molar-refractivity contribution in [3.8, 4) is 5.69 Å². The second-order valence-electron chi connectivity index (χ2n) is 5.22. The number of aromatic nitrogens is 2. The number of hydrogen-bond acceptors (Lipinski definition) is 4. The normalized spacial score (nSPS) is 11.1. The first kappa shape index (κ1) is 16.7. The van der Waals surface area contributed by atoms with E-state index in [4.69, 9.17) is 0 Å². The van der Waals surface area contributed by atoms with E-state index in [1.165, 1.54) is 36.3 Å². The van der Waals surface area contributed by atoms with Crippen LogP contribution in [0.5, 0.6) is 0 Å². The zero-order chi connectivity index (χ0) is 17.9. The van der Waals surface area contributed by atoms with Gasteiger partial charge >= 0.3 is 0 Å². The van der Waals surface area contributed by atoms with Gasteiger partial charge in [-0.05, 0) is 36.4 Å². The average Bonchev–Trinajstić information content (AvgIpc) is 3.13. The second-order valence-corrected chi connectivity index (χ2v) is 6.90. The van der Waals surface area contributed by atoms with Crippen LogP contribution in [0.25, 0.3) is 5.69 Å². The summed E-state index contributed by atoms with van der Waals surface area (Å²) in [4.78, 5) is 11.6. The van der Waals surface area contributed by atoms with Crippen LogP contribution in [0.1, 0.15) is 10.4 Å². The lowest BCUT2D eigenvalue weighted by atomic mass is 10.2. The minimum atomic E-state index is -3.77. The number of hydrogen-bond donors (Lipinski definition) is 2. The molecule has 7 nitrogen and oxygen atoms in total. The van der Waals surface area contributed by atoms with Gasteiger partial charge in [-0.1, -0.05) is 18.2 Å². The van der Waals surface area contributed by atoms with Crippen LogP contribution in [0.3, 0.4) is 0 Å². The van der Waals surface area contributed by atoms with E-state index in [2.05, 4.69) is 15.1 Å². The highest BCUT2D eigenvalue weighted by atomic mass is 32.2. The highest BCUT2D eigenvalue weighted by Gasteiger charge is 2.17. The summed E-state index contributed by atoms with van der Waals surface area (Å²) in [6, 6.07) is 15.4. The quantitative estimate of drug-likeness (QED) is 0.731. The Bertz CT molecular complexity index is 980. The van der Waals surface area contributed by atoms with Crippen LogP contribution in [-0.4, -0.2) is 31.2 Å². The van der Waals surface area contributed by atoms with E-state index in [0.29, 0.717) is 11.3 Å². The molecule has 2 aromatic carbocycles. The Morgan fingerprint density at radius 3 is 2.36 bits per heavy atom. The maximum atomic E-state index is 12.5. The molecule has 128 valence electrons. The smallest absolute Gasteiger partial charge is 0.265 e. The van der Waals surface area contributed by atoms with Crippen LogP contribution in [-0.2, 0) is 10.0 Å². The molecule has 0 saturated carbocycles. The van der Waals surface area contributed by atoms with Gasteiger partial charge < -0.3 is 5.32 Å². The summed E-state index contributed by atoms with van der Waals surface area (Å²) in [5.41, 5.74) is 1.57. The van der Waals surface area contributed by atoms with E-state index < -0.39 is 10.0 Å². The van der Waals surface area contributed by atoms with Crippen molar-refractivity contribution in [3.63, 3.8) is 0 Å². The van der Waals surface area contributed by atoms with E-state index in [1.807, 2.05) is 30.3 Å². The molecule has 1 aromatic heterocycles. The number of benzene rings is 2. The van der Waals surface area contributed by atoms with Crippen LogP contribution in [0, 0.1) is 0 Å². The molecule has 3 rings (SSSR count). The van der Waals surface area contributed by atoms with Gasteiger partial charge in [0.25, 0.3) is 15.9 Å². The Kier molecular flexibility index (Phi) is 4.53. The summed E-state index contributed by atoms with van der Waals surface area (Å²) >= 11 is 0. The fraction of sp³-hybridized carbons (Fsp3) is 0.0588. The number of amides is 1. The Balaban J connectivity index is 1.80. The fourth-order valence-corrected chi connectivity index (χ4v) is 3.20. The molecule has 0 aliphatic rings. The van der Waals surface area contributed by atoms with Crippen molar-refractivity contribution in [1.82, 2.24) is 15.1 Å². The van der Waals surface area contributed by atoms with Crippen LogP contribution < -0.4 is 10.0 Å². The lowest BCUT2D eigenvalue weighted by Gasteiger charge is -2.07. The van der Waals surface area contributed by atoms with Gasteiger partial charge in [-0.2, -0.15) is 5.10 Å². The van der Waals surface area contributed by atoms with Crippen molar-refractivity contribution in [2.45, 2.75) is 4.90 Å². The summed E-state index contributed by atoms with van der Waals surface area (Å²) in [5, 5.41) is 6.59. The van der Waals surface area contributed by atoms with Crippen molar-refractivity contribution in [2.75, 3.05) is 11.8 Å². The van der Waals surface area contributed by atoms with Crippen LogP contribution in [0.4, 0.5) is 5.69 Å². The van der Waals surface area contributed by atoms with E-state index in [-0.39, 0.29) is 10.8 Å². The van der Waals surface area contributed by atoms with Gasteiger partial charge in [0, 0.05) is 18.3 Å². The largest absolute Gasteiger partial charge is 0.355 e. The highest BCUT2D eigenvalue weighted by molar-refractivity contribution is 7.92. The molecule has 1 amide bonds. The molecule has 1 heterocycles. The first-order valence-corrected chi connectivity index (χ1v) is 8.93. The maximum Gasteiger partial charge on any atom is 0.265 e. The number of carbonyl (C=O) groups excluding carboxylic acids is 1. The number of nitrogens with one attached hydrogen (secondary N) is 2. The van der Waals surface area contributed by atoms with E-state index in [9.17, 15) is 13.2 Å². The number of rotatable bonds is 5. The zero-order valence-corrected chi connectivity index (χ0v) is 14.2. The van der Waals surface area contributed by atoms with Gasteiger partial charge in [0.1, 0.15) is 4.90 Å². The monoisotopic (exact) mass is 356 g/mol. The van der Waals surface area contributed by atoms with Crippen LogP contribution >= 0.6 is 0 Å². The average molecular weight is 356 g/mol. The second kappa shape index (κ2) is 6.78. The van der Waals surface area contributed by atoms with Crippen molar-refractivity contribution in [3.05, 3.63) is 72.6 Å². The third kappa shape index (κ3) is 3.69. The van der Waals surface area contributed by atoms with E-state index >= 15 is 0 Å². The molecule has 0 bridgehead atoms. The molecule has 8 heteroatoms. The van der Waals surface area contributed by atoms with Crippen molar-refractivity contribution < 1.29 is 13.2 Å². The topological polar surface area (TPSA) is 93.1 Å². The van der Waals surface area contributed by atoms with Gasteiger partial charge in [-0.3, -0.25) is 9.52 Å². The van der Waals surface area contributed by atoms with E-state index in [0.717, 1.165) is 5.69 Å². The van der Waals surface area contributed by atoms with E-state index in [1.54, 1.807) is 12.1 Å². The summed E-state index contributed by atoms with van der Waals surface area (Å²) in [6.45, 7) is 0. The number of para-hydroxylation sites is 1. The lowest BCUT2D eigenvalue weighted by Crippen LogP contribution is -2.18.